The predicted octanol–water partition coefficient (Wildman–Crippen LogP) is 4.10. The lowest BCUT2D eigenvalue weighted by molar-refractivity contribution is 0.0696. The highest BCUT2D eigenvalue weighted by atomic mass is 19.1. The molecule has 0 heterocycles. The molecule has 1 saturated carbocycles. The third-order valence-electron chi connectivity index (χ3n) is 4.16. The van der Waals surface area contributed by atoms with Crippen LogP contribution in [-0.4, -0.2) is 23.1 Å². The van der Waals surface area contributed by atoms with Crippen molar-refractivity contribution >= 4 is 17.6 Å². The van der Waals surface area contributed by atoms with E-state index in [0.717, 1.165) is 43.9 Å². The number of aromatic carboxylic acids is 1. The molecule has 0 saturated heterocycles. The van der Waals surface area contributed by atoms with Gasteiger partial charge in [0.15, 0.2) is 0 Å². The van der Waals surface area contributed by atoms with E-state index in [1.165, 1.54) is 0 Å². The quantitative estimate of drug-likeness (QED) is 0.857. The van der Waals surface area contributed by atoms with Gasteiger partial charge in [0.25, 0.3) is 5.91 Å². The minimum absolute atomic E-state index is 0.102. The number of benzene rings is 2. The summed E-state index contributed by atoms with van der Waals surface area (Å²) in [6, 6.07) is 9.92. The maximum Gasteiger partial charge on any atom is 0.335 e. The van der Waals surface area contributed by atoms with Crippen LogP contribution in [0, 0.1) is 5.82 Å². The van der Waals surface area contributed by atoms with Gasteiger partial charge in [-0.1, -0.05) is 6.07 Å². The Morgan fingerprint density at radius 2 is 1.84 bits per heavy atom. The summed E-state index contributed by atoms with van der Waals surface area (Å²) in [5.74, 6) is -1.82. The highest BCUT2D eigenvalue weighted by Gasteiger charge is 2.17. The van der Waals surface area contributed by atoms with Crippen molar-refractivity contribution in [1.82, 2.24) is 0 Å². The average Bonchev–Trinajstić information content (AvgIpc) is 3.09. The Labute approximate surface area is 144 Å². The normalized spacial score (nSPS) is 14.3. The first-order chi connectivity index (χ1) is 12.0. The smallest absolute Gasteiger partial charge is 0.335 e. The van der Waals surface area contributed by atoms with E-state index >= 15 is 0 Å². The van der Waals surface area contributed by atoms with E-state index in [0.29, 0.717) is 11.3 Å². The molecule has 1 fully saturated rings. The summed E-state index contributed by atoms with van der Waals surface area (Å²) in [6.45, 7) is 0. The van der Waals surface area contributed by atoms with Crippen LogP contribution in [-0.2, 0) is 0 Å². The minimum Gasteiger partial charge on any atom is -0.490 e. The number of ether oxygens (including phenoxy) is 1. The first-order valence-corrected chi connectivity index (χ1v) is 8.14. The van der Waals surface area contributed by atoms with Crippen molar-refractivity contribution in [3.63, 3.8) is 0 Å². The monoisotopic (exact) mass is 343 g/mol. The van der Waals surface area contributed by atoms with Gasteiger partial charge in [0, 0.05) is 5.56 Å². The fourth-order valence-electron chi connectivity index (χ4n) is 2.86. The number of hydrogen-bond donors (Lipinski definition) is 2. The van der Waals surface area contributed by atoms with E-state index in [4.69, 9.17) is 9.84 Å². The van der Waals surface area contributed by atoms with Gasteiger partial charge in [-0.25, -0.2) is 9.18 Å². The van der Waals surface area contributed by atoms with E-state index in [2.05, 4.69) is 5.32 Å². The third kappa shape index (κ3) is 4.15. The Balaban J connectivity index is 1.75. The van der Waals surface area contributed by atoms with E-state index in [1.807, 2.05) is 0 Å². The van der Waals surface area contributed by atoms with Gasteiger partial charge in [0.2, 0.25) is 0 Å². The van der Waals surface area contributed by atoms with Crippen LogP contribution in [0.3, 0.4) is 0 Å². The number of halogens is 1. The molecular weight excluding hydrogens is 325 g/mol. The Kier molecular flexibility index (Phi) is 4.97. The number of carbonyl (C=O) groups is 2. The van der Waals surface area contributed by atoms with Gasteiger partial charge in [0.05, 0.1) is 17.4 Å². The van der Waals surface area contributed by atoms with Crippen LogP contribution in [0.5, 0.6) is 5.75 Å². The highest BCUT2D eigenvalue weighted by Crippen LogP contribution is 2.25. The lowest BCUT2D eigenvalue weighted by Crippen LogP contribution is -2.15. The molecule has 5 nitrogen and oxygen atoms in total. The van der Waals surface area contributed by atoms with Crippen LogP contribution in [0.25, 0.3) is 0 Å². The zero-order chi connectivity index (χ0) is 17.8. The molecule has 3 rings (SSSR count). The van der Waals surface area contributed by atoms with E-state index in [1.54, 1.807) is 24.3 Å². The molecule has 2 aromatic rings. The SMILES string of the molecule is O=C(O)c1ccc(F)c(NC(=O)c2cccc(OC3CCCC3)c2)c1. The summed E-state index contributed by atoms with van der Waals surface area (Å²) in [5, 5.41) is 11.4. The molecule has 2 N–H and O–H groups in total. The lowest BCUT2D eigenvalue weighted by atomic mass is 10.1. The fourth-order valence-corrected chi connectivity index (χ4v) is 2.86. The van der Waals surface area contributed by atoms with Gasteiger partial charge in [-0.05, 0) is 62.1 Å². The number of carbonyl (C=O) groups excluding carboxylic acids is 1. The van der Waals surface area contributed by atoms with Gasteiger partial charge >= 0.3 is 5.97 Å². The Bertz CT molecular complexity index is 800. The van der Waals surface area contributed by atoms with Gasteiger partial charge in [0.1, 0.15) is 11.6 Å². The van der Waals surface area contributed by atoms with E-state index in [-0.39, 0.29) is 17.4 Å². The zero-order valence-corrected chi connectivity index (χ0v) is 13.5. The Hall–Kier alpha value is -2.89. The standard InChI is InChI=1S/C19H18FNO4/c20-16-9-8-13(19(23)24)11-17(16)21-18(22)12-4-3-7-15(10-12)25-14-5-1-2-6-14/h3-4,7-11,14H,1-2,5-6H2,(H,21,22)(H,23,24). The van der Waals surface area contributed by atoms with Gasteiger partial charge in [-0.2, -0.15) is 0 Å². The number of nitrogens with one attached hydrogen (secondary N) is 1. The molecule has 1 aliphatic carbocycles. The number of carboxylic acids is 1. The summed E-state index contributed by atoms with van der Waals surface area (Å²) in [5.41, 5.74) is 0.0395. The fraction of sp³-hybridized carbons (Fsp3) is 0.263. The van der Waals surface area contributed by atoms with Gasteiger partial charge in [-0.15, -0.1) is 0 Å². The molecular formula is C19H18FNO4. The molecule has 0 radical (unpaired) electrons. The first kappa shape index (κ1) is 17.0. The molecule has 0 unspecified atom stereocenters. The maximum absolute atomic E-state index is 13.8. The average molecular weight is 343 g/mol. The number of carboxylic acid groups (broad SMARTS) is 1. The summed E-state index contributed by atoms with van der Waals surface area (Å²) < 4.78 is 19.7. The van der Waals surface area contributed by atoms with Gasteiger partial charge < -0.3 is 15.2 Å². The van der Waals surface area contributed by atoms with Crippen LogP contribution in [0.15, 0.2) is 42.5 Å². The van der Waals surface area contributed by atoms with Crippen molar-refractivity contribution in [3.05, 3.63) is 59.4 Å². The summed E-state index contributed by atoms with van der Waals surface area (Å²) in [6.07, 6.45) is 4.46. The second-order valence-corrected chi connectivity index (χ2v) is 6.01. The maximum atomic E-state index is 13.8. The molecule has 1 amide bonds. The molecule has 0 aromatic heterocycles. The Morgan fingerprint density at radius 3 is 2.56 bits per heavy atom. The number of hydrogen-bond acceptors (Lipinski definition) is 3. The topological polar surface area (TPSA) is 75.6 Å². The van der Waals surface area contributed by atoms with Crippen LogP contribution in [0.4, 0.5) is 10.1 Å². The molecule has 25 heavy (non-hydrogen) atoms. The van der Waals surface area contributed by atoms with E-state index < -0.39 is 17.7 Å². The lowest BCUT2D eigenvalue weighted by Gasteiger charge is -2.14. The van der Waals surface area contributed by atoms with Crippen LogP contribution >= 0.6 is 0 Å². The van der Waals surface area contributed by atoms with Crippen LogP contribution in [0.1, 0.15) is 46.4 Å². The number of amides is 1. The van der Waals surface area contributed by atoms with Crippen molar-refractivity contribution in [2.75, 3.05) is 5.32 Å². The summed E-state index contributed by atoms with van der Waals surface area (Å²) in [7, 11) is 0. The molecule has 130 valence electrons. The van der Waals surface area contributed by atoms with Crippen molar-refractivity contribution < 1.29 is 23.8 Å². The highest BCUT2D eigenvalue weighted by molar-refractivity contribution is 6.05. The van der Waals surface area contributed by atoms with Crippen LogP contribution < -0.4 is 10.1 Å². The number of rotatable bonds is 5. The first-order valence-electron chi connectivity index (χ1n) is 8.14. The second-order valence-electron chi connectivity index (χ2n) is 6.01. The zero-order valence-electron chi connectivity index (χ0n) is 13.5. The molecule has 6 heteroatoms. The van der Waals surface area contributed by atoms with Crippen LogP contribution in [0.2, 0.25) is 0 Å². The van der Waals surface area contributed by atoms with E-state index in [9.17, 15) is 14.0 Å². The molecule has 1 aliphatic rings. The third-order valence-corrected chi connectivity index (χ3v) is 4.16. The Morgan fingerprint density at radius 1 is 1.08 bits per heavy atom. The predicted molar refractivity (Wildman–Crippen MR) is 90.6 cm³/mol. The molecule has 0 aliphatic heterocycles. The summed E-state index contributed by atoms with van der Waals surface area (Å²) >= 11 is 0. The largest absolute Gasteiger partial charge is 0.490 e. The van der Waals surface area contributed by atoms with Crippen molar-refractivity contribution in [1.29, 1.82) is 0 Å². The van der Waals surface area contributed by atoms with Crippen molar-refractivity contribution in [2.24, 2.45) is 0 Å². The minimum atomic E-state index is -1.19. The van der Waals surface area contributed by atoms with Crippen molar-refractivity contribution in [2.45, 2.75) is 31.8 Å². The molecule has 2 aromatic carbocycles. The van der Waals surface area contributed by atoms with Gasteiger partial charge in [-0.3, -0.25) is 4.79 Å². The molecule has 0 atom stereocenters. The number of anilines is 1. The molecule has 0 bridgehead atoms. The molecule has 0 spiro atoms. The second kappa shape index (κ2) is 7.34. The van der Waals surface area contributed by atoms with Crippen molar-refractivity contribution in [3.8, 4) is 5.75 Å². The summed E-state index contributed by atoms with van der Waals surface area (Å²) in [4.78, 5) is 23.3.